The average Bonchev–Trinajstić information content (AvgIpc) is 2.33. The molecule has 100 valence electrons. The van der Waals surface area contributed by atoms with Crippen LogP contribution in [0.25, 0.3) is 0 Å². The maximum Gasteiger partial charge on any atom is 0.337 e. The van der Waals surface area contributed by atoms with E-state index < -0.39 is 17.5 Å². The van der Waals surface area contributed by atoms with Crippen LogP contribution in [0.1, 0.15) is 20.8 Å². The predicted octanol–water partition coefficient (Wildman–Crippen LogP) is 1.64. The fourth-order valence-corrected chi connectivity index (χ4v) is 1.87. The summed E-state index contributed by atoms with van der Waals surface area (Å²) >= 11 is 3.25. The molecule has 1 aliphatic heterocycles. The first-order valence-electron chi connectivity index (χ1n) is 5.65. The first kappa shape index (κ1) is 14.8. The molecule has 6 heteroatoms. The number of esters is 2. The van der Waals surface area contributed by atoms with Crippen LogP contribution in [0.3, 0.4) is 0 Å². The lowest BCUT2D eigenvalue weighted by Crippen LogP contribution is -2.53. The van der Waals surface area contributed by atoms with Crippen molar-refractivity contribution in [2.24, 2.45) is 0 Å². The van der Waals surface area contributed by atoms with E-state index in [1.165, 1.54) is 0 Å². The fraction of sp³-hybridized carbons (Fsp3) is 0.500. The number of rotatable bonds is 4. The number of hydrogen-bond donors (Lipinski definition) is 1. The minimum atomic E-state index is -1.22. The molecule has 0 saturated carbocycles. The first-order valence-corrected chi connectivity index (χ1v) is 6.44. The monoisotopic (exact) mass is 317 g/mol. The fourth-order valence-electron chi connectivity index (χ4n) is 1.53. The van der Waals surface area contributed by atoms with E-state index in [0.717, 1.165) is 0 Å². The van der Waals surface area contributed by atoms with Crippen LogP contribution in [-0.2, 0) is 19.1 Å². The summed E-state index contributed by atoms with van der Waals surface area (Å²) in [6, 6.07) is 0. The second-order valence-electron chi connectivity index (χ2n) is 3.80. The highest BCUT2D eigenvalue weighted by atomic mass is 79.9. The summed E-state index contributed by atoms with van der Waals surface area (Å²) in [4.78, 5) is 23.8. The molecule has 1 N–H and O–H groups in total. The van der Waals surface area contributed by atoms with Crippen molar-refractivity contribution in [2.75, 3.05) is 13.2 Å². The number of hydrogen-bond acceptors (Lipinski definition) is 5. The van der Waals surface area contributed by atoms with Crippen LogP contribution in [0.4, 0.5) is 0 Å². The van der Waals surface area contributed by atoms with E-state index in [-0.39, 0.29) is 18.8 Å². The zero-order valence-corrected chi connectivity index (χ0v) is 12.2. The number of nitrogens with one attached hydrogen (secondary N) is 1. The Morgan fingerprint density at radius 2 is 1.94 bits per heavy atom. The van der Waals surface area contributed by atoms with Crippen molar-refractivity contribution < 1.29 is 19.1 Å². The van der Waals surface area contributed by atoms with Gasteiger partial charge >= 0.3 is 11.9 Å². The molecule has 0 aromatic rings. The number of allylic oxidation sites excluding steroid dienone is 2. The van der Waals surface area contributed by atoms with E-state index in [9.17, 15) is 9.59 Å². The Kier molecular flexibility index (Phi) is 4.95. The molecule has 1 unspecified atom stereocenters. The van der Waals surface area contributed by atoms with Gasteiger partial charge in [0.2, 0.25) is 0 Å². The molecule has 18 heavy (non-hydrogen) atoms. The summed E-state index contributed by atoms with van der Waals surface area (Å²) in [7, 11) is 0. The molecule has 0 aliphatic carbocycles. The van der Waals surface area contributed by atoms with Gasteiger partial charge in [-0.05, 0) is 42.8 Å². The predicted molar refractivity (Wildman–Crippen MR) is 69.9 cm³/mol. The standard InChI is InChI=1S/C12H16BrNO4/c1-4-17-10(15)9-6-8(13)7-14-12(9,3)11(16)18-5-2/h6-7,14H,4-5H2,1-3H3. The van der Waals surface area contributed by atoms with Crippen molar-refractivity contribution in [1.29, 1.82) is 0 Å². The second-order valence-corrected chi connectivity index (χ2v) is 4.71. The molecule has 5 nitrogen and oxygen atoms in total. The molecule has 1 aliphatic rings. The Morgan fingerprint density at radius 3 is 2.50 bits per heavy atom. The Bertz CT molecular complexity index is 416. The maximum absolute atomic E-state index is 12.0. The Labute approximate surface area is 114 Å². The minimum Gasteiger partial charge on any atom is -0.464 e. The zero-order chi connectivity index (χ0) is 13.8. The maximum atomic E-state index is 12.0. The summed E-state index contributed by atoms with van der Waals surface area (Å²) in [5.74, 6) is -1.05. The Morgan fingerprint density at radius 1 is 1.33 bits per heavy atom. The highest BCUT2D eigenvalue weighted by Gasteiger charge is 2.43. The molecular formula is C12H16BrNO4. The van der Waals surface area contributed by atoms with Gasteiger partial charge in [-0.15, -0.1) is 0 Å². The van der Waals surface area contributed by atoms with Crippen molar-refractivity contribution >= 4 is 27.9 Å². The van der Waals surface area contributed by atoms with Gasteiger partial charge in [-0.25, -0.2) is 9.59 Å². The van der Waals surface area contributed by atoms with E-state index in [1.807, 2.05) is 0 Å². The van der Waals surface area contributed by atoms with Crippen molar-refractivity contribution in [1.82, 2.24) is 5.32 Å². The van der Waals surface area contributed by atoms with E-state index in [1.54, 1.807) is 33.0 Å². The molecule has 0 radical (unpaired) electrons. The van der Waals surface area contributed by atoms with Crippen molar-refractivity contribution in [3.8, 4) is 0 Å². The van der Waals surface area contributed by atoms with Crippen molar-refractivity contribution in [3.05, 3.63) is 22.3 Å². The van der Waals surface area contributed by atoms with E-state index >= 15 is 0 Å². The Balaban J connectivity index is 3.08. The minimum absolute atomic E-state index is 0.220. The van der Waals surface area contributed by atoms with Gasteiger partial charge in [-0.3, -0.25) is 0 Å². The number of halogens is 1. The number of ether oxygens (including phenoxy) is 2. The van der Waals surface area contributed by atoms with Crippen LogP contribution in [0, 0.1) is 0 Å². The second kappa shape index (κ2) is 6.04. The quantitative estimate of drug-likeness (QED) is 0.798. The van der Waals surface area contributed by atoms with Gasteiger partial charge in [-0.2, -0.15) is 0 Å². The smallest absolute Gasteiger partial charge is 0.337 e. The number of dihydropyridines is 1. The van der Waals surface area contributed by atoms with Gasteiger partial charge < -0.3 is 14.8 Å². The van der Waals surface area contributed by atoms with Crippen molar-refractivity contribution in [3.63, 3.8) is 0 Å². The SMILES string of the molecule is CCOC(=O)C1=CC(Br)=CNC1(C)C(=O)OCC. The molecule has 1 atom stereocenters. The van der Waals surface area contributed by atoms with Crippen LogP contribution >= 0.6 is 15.9 Å². The van der Waals surface area contributed by atoms with Crippen LogP contribution in [0.5, 0.6) is 0 Å². The largest absolute Gasteiger partial charge is 0.464 e. The molecule has 0 amide bonds. The average molecular weight is 318 g/mol. The topological polar surface area (TPSA) is 64.6 Å². The number of carbonyl (C=O) groups excluding carboxylic acids is 2. The lowest BCUT2D eigenvalue weighted by atomic mass is 9.89. The molecule has 0 fully saturated rings. The highest BCUT2D eigenvalue weighted by Crippen LogP contribution is 2.27. The molecule has 0 aromatic heterocycles. The van der Waals surface area contributed by atoms with Crippen LogP contribution in [0.15, 0.2) is 22.3 Å². The van der Waals surface area contributed by atoms with Crippen LogP contribution in [-0.4, -0.2) is 30.7 Å². The molecule has 1 rings (SSSR count). The molecule has 0 spiro atoms. The molecule has 1 heterocycles. The van der Waals surface area contributed by atoms with Gasteiger partial charge in [0.25, 0.3) is 0 Å². The summed E-state index contributed by atoms with van der Waals surface area (Å²) < 4.78 is 10.6. The summed E-state index contributed by atoms with van der Waals surface area (Å²) in [5, 5.41) is 2.87. The summed E-state index contributed by atoms with van der Waals surface area (Å²) in [6.07, 6.45) is 3.16. The van der Waals surface area contributed by atoms with E-state index in [4.69, 9.17) is 9.47 Å². The Hall–Kier alpha value is -1.30. The van der Waals surface area contributed by atoms with Gasteiger partial charge in [0, 0.05) is 10.7 Å². The summed E-state index contributed by atoms with van der Waals surface area (Å²) in [6.45, 7) is 5.50. The lowest BCUT2D eigenvalue weighted by molar-refractivity contribution is -0.151. The third kappa shape index (κ3) is 2.93. The van der Waals surface area contributed by atoms with Crippen LogP contribution in [0.2, 0.25) is 0 Å². The third-order valence-corrected chi connectivity index (χ3v) is 2.96. The molecule has 0 bridgehead atoms. The van der Waals surface area contributed by atoms with Crippen molar-refractivity contribution in [2.45, 2.75) is 26.3 Å². The molecule has 0 saturated heterocycles. The third-order valence-electron chi connectivity index (χ3n) is 2.50. The number of carbonyl (C=O) groups is 2. The highest BCUT2D eigenvalue weighted by molar-refractivity contribution is 9.11. The first-order chi connectivity index (χ1) is 8.45. The van der Waals surface area contributed by atoms with Gasteiger partial charge in [0.15, 0.2) is 5.54 Å². The van der Waals surface area contributed by atoms with E-state index in [2.05, 4.69) is 21.2 Å². The zero-order valence-electron chi connectivity index (χ0n) is 10.6. The normalized spacial score (nSPS) is 22.4. The van der Waals surface area contributed by atoms with Crippen LogP contribution < -0.4 is 5.32 Å². The van der Waals surface area contributed by atoms with Gasteiger partial charge in [0.05, 0.1) is 18.8 Å². The lowest BCUT2D eigenvalue weighted by Gasteiger charge is -2.31. The summed E-state index contributed by atoms with van der Waals surface area (Å²) in [5.41, 5.74) is -1.00. The van der Waals surface area contributed by atoms with Gasteiger partial charge in [-0.1, -0.05) is 0 Å². The van der Waals surface area contributed by atoms with Gasteiger partial charge in [0.1, 0.15) is 0 Å². The molecular weight excluding hydrogens is 302 g/mol. The van der Waals surface area contributed by atoms with E-state index in [0.29, 0.717) is 4.48 Å². The molecule has 0 aromatic carbocycles.